The van der Waals surface area contributed by atoms with E-state index in [1.165, 1.54) is 0 Å². The molecule has 0 aliphatic carbocycles. The number of nitrogens with zero attached hydrogens (tertiary/aromatic N) is 2. The van der Waals surface area contributed by atoms with Gasteiger partial charge in [-0.2, -0.15) is 0 Å². The number of ether oxygens (including phenoxy) is 4. The number of hydrogen-bond acceptors (Lipinski definition) is 6. The lowest BCUT2D eigenvalue weighted by atomic mass is 9.94. The maximum atomic E-state index is 13.1. The molecule has 5 rings (SSSR count). The average Bonchev–Trinajstić information content (AvgIpc) is 3.22. The van der Waals surface area contributed by atoms with Crippen molar-refractivity contribution in [1.29, 1.82) is 0 Å². The molecule has 0 bridgehead atoms. The van der Waals surface area contributed by atoms with Crippen LogP contribution in [0.3, 0.4) is 0 Å². The zero-order valence-corrected chi connectivity index (χ0v) is 17.1. The van der Waals surface area contributed by atoms with Crippen molar-refractivity contribution in [3.63, 3.8) is 0 Å². The summed E-state index contributed by atoms with van der Waals surface area (Å²) in [6.07, 6.45) is 1.82. The molecule has 7 heteroatoms. The molecule has 1 amide bonds. The second-order valence-corrected chi connectivity index (χ2v) is 7.32. The van der Waals surface area contributed by atoms with E-state index in [0.717, 1.165) is 32.4 Å². The first-order valence-electron chi connectivity index (χ1n) is 9.44. The van der Waals surface area contributed by atoms with Crippen molar-refractivity contribution in [2.75, 3.05) is 35.1 Å². The van der Waals surface area contributed by atoms with Gasteiger partial charge in [0.15, 0.2) is 23.0 Å². The van der Waals surface area contributed by atoms with Gasteiger partial charge in [0.05, 0.1) is 19.7 Å². The monoisotopic (exact) mass is 404 g/mol. The summed E-state index contributed by atoms with van der Waals surface area (Å²) in [7, 11) is 6.65. The highest BCUT2D eigenvalue weighted by Gasteiger charge is 2.21. The van der Waals surface area contributed by atoms with Crippen LogP contribution in [0.15, 0.2) is 36.5 Å². The van der Waals surface area contributed by atoms with Crippen molar-refractivity contribution < 1.29 is 23.7 Å². The fraction of sp³-hybridized carbons (Fsp3) is 0.217. The normalized spacial score (nSPS) is 12.5. The Morgan fingerprint density at radius 1 is 0.867 bits per heavy atom. The average molecular weight is 404 g/mol. The molecule has 0 radical (unpaired) electrons. The highest BCUT2D eigenvalue weighted by atomic mass is 16.7. The summed E-state index contributed by atoms with van der Waals surface area (Å²) >= 11 is 0. The smallest absolute Gasteiger partial charge is 0.253 e. The van der Waals surface area contributed by atoms with Gasteiger partial charge in [-0.25, -0.2) is 0 Å². The van der Waals surface area contributed by atoms with Crippen molar-refractivity contribution >= 4 is 38.4 Å². The molecule has 0 saturated heterocycles. The minimum absolute atomic E-state index is 0.0974. The quantitative estimate of drug-likeness (QED) is 0.481. The summed E-state index contributed by atoms with van der Waals surface area (Å²) in [5.41, 5.74) is 1.35. The number of pyridine rings is 1. The molecule has 0 fully saturated rings. The van der Waals surface area contributed by atoms with Crippen LogP contribution in [0, 0.1) is 0 Å². The van der Waals surface area contributed by atoms with Crippen LogP contribution in [-0.2, 0) is 0 Å². The third kappa shape index (κ3) is 2.58. The molecule has 1 aliphatic rings. The topological polar surface area (TPSA) is 70.1 Å². The minimum atomic E-state index is -0.0974. The van der Waals surface area contributed by atoms with Gasteiger partial charge in [0.25, 0.3) is 5.91 Å². The summed E-state index contributed by atoms with van der Waals surface area (Å²) in [4.78, 5) is 19.3. The molecule has 0 saturated carbocycles. The highest BCUT2D eigenvalue weighted by molar-refractivity contribution is 6.22. The lowest BCUT2D eigenvalue weighted by Crippen LogP contribution is -2.22. The first-order chi connectivity index (χ1) is 14.5. The zero-order valence-electron chi connectivity index (χ0n) is 17.1. The first kappa shape index (κ1) is 18.3. The summed E-state index contributed by atoms with van der Waals surface area (Å²) in [5, 5.41) is 4.35. The predicted molar refractivity (Wildman–Crippen MR) is 114 cm³/mol. The van der Waals surface area contributed by atoms with E-state index in [2.05, 4.69) is 4.98 Å². The second kappa shape index (κ2) is 6.66. The van der Waals surface area contributed by atoms with Crippen molar-refractivity contribution in [2.24, 2.45) is 0 Å². The van der Waals surface area contributed by atoms with E-state index in [0.29, 0.717) is 28.6 Å². The van der Waals surface area contributed by atoms with E-state index in [4.69, 9.17) is 18.9 Å². The number of amides is 1. The van der Waals surface area contributed by atoms with Gasteiger partial charge in [0, 0.05) is 42.7 Å². The minimum Gasteiger partial charge on any atom is -0.493 e. The van der Waals surface area contributed by atoms with Crippen molar-refractivity contribution in [3.05, 3.63) is 42.1 Å². The van der Waals surface area contributed by atoms with Crippen LogP contribution in [0.4, 0.5) is 0 Å². The molecule has 1 aliphatic heterocycles. The molecule has 0 unspecified atom stereocenters. The van der Waals surface area contributed by atoms with E-state index < -0.39 is 0 Å². The molecule has 0 atom stereocenters. The van der Waals surface area contributed by atoms with Gasteiger partial charge in [-0.15, -0.1) is 0 Å². The fourth-order valence-corrected chi connectivity index (χ4v) is 3.94. The molecule has 1 aromatic heterocycles. The number of benzene rings is 3. The number of fused-ring (bicyclic) bond motifs is 6. The Kier molecular flexibility index (Phi) is 4.06. The SMILES string of the molecule is COc1cc2c(C(=O)N(C)C)cc3c4cc5c(cc4ncc3c2cc1OC)OCO5. The Morgan fingerprint density at radius 2 is 1.50 bits per heavy atom. The zero-order chi connectivity index (χ0) is 21.0. The van der Waals surface area contributed by atoms with Gasteiger partial charge in [-0.3, -0.25) is 9.78 Å². The molecule has 152 valence electrons. The third-order valence-corrected chi connectivity index (χ3v) is 5.43. The summed E-state index contributed by atoms with van der Waals surface area (Å²) in [6.45, 7) is 0.188. The summed E-state index contributed by atoms with van der Waals surface area (Å²) in [6, 6.07) is 9.43. The maximum absolute atomic E-state index is 13.1. The molecule has 4 aromatic rings. The van der Waals surface area contributed by atoms with Crippen LogP contribution in [-0.4, -0.2) is 50.9 Å². The maximum Gasteiger partial charge on any atom is 0.253 e. The molecule has 0 N–H and O–H groups in total. The van der Waals surface area contributed by atoms with Gasteiger partial charge in [0.1, 0.15) is 0 Å². The van der Waals surface area contributed by atoms with E-state index in [9.17, 15) is 4.79 Å². The standard InChI is InChI=1S/C23H20N2O5/c1-25(2)23(26)16-5-12-15-8-21-22(30-11-29-21)9-18(15)24-10-17(12)14-7-20(28-4)19(27-3)6-13(14)16/h5-10H,11H2,1-4H3. The Labute approximate surface area is 172 Å². The van der Waals surface area contributed by atoms with E-state index in [1.807, 2.05) is 36.5 Å². The van der Waals surface area contributed by atoms with E-state index in [1.54, 1.807) is 33.2 Å². The largest absolute Gasteiger partial charge is 0.493 e. The highest BCUT2D eigenvalue weighted by Crippen LogP contribution is 2.42. The molecular formula is C23H20N2O5. The van der Waals surface area contributed by atoms with E-state index >= 15 is 0 Å². The van der Waals surface area contributed by atoms with Crippen LogP contribution in [0.1, 0.15) is 10.4 Å². The molecule has 7 nitrogen and oxygen atoms in total. The van der Waals surface area contributed by atoms with Crippen LogP contribution >= 0.6 is 0 Å². The molecule has 30 heavy (non-hydrogen) atoms. The lowest BCUT2D eigenvalue weighted by Gasteiger charge is -2.17. The third-order valence-electron chi connectivity index (χ3n) is 5.43. The molecule has 0 spiro atoms. The van der Waals surface area contributed by atoms with Crippen molar-refractivity contribution in [1.82, 2.24) is 9.88 Å². The van der Waals surface area contributed by atoms with Crippen LogP contribution in [0.5, 0.6) is 23.0 Å². The molecule has 3 aromatic carbocycles. The van der Waals surface area contributed by atoms with Crippen LogP contribution < -0.4 is 18.9 Å². The van der Waals surface area contributed by atoms with Gasteiger partial charge in [0.2, 0.25) is 6.79 Å². The summed E-state index contributed by atoms with van der Waals surface area (Å²) in [5.74, 6) is 2.40. The lowest BCUT2D eigenvalue weighted by molar-refractivity contribution is 0.0829. The molecular weight excluding hydrogens is 384 g/mol. The number of aromatic nitrogens is 1. The van der Waals surface area contributed by atoms with E-state index in [-0.39, 0.29) is 12.7 Å². The van der Waals surface area contributed by atoms with Gasteiger partial charge in [-0.05, 0) is 40.4 Å². The van der Waals surface area contributed by atoms with Crippen LogP contribution in [0.2, 0.25) is 0 Å². The van der Waals surface area contributed by atoms with Gasteiger partial charge < -0.3 is 23.8 Å². The Balaban J connectivity index is 1.95. The predicted octanol–water partition coefficient (Wildman–Crippen LogP) is 3.99. The first-order valence-corrected chi connectivity index (χ1v) is 9.44. The Hall–Kier alpha value is -3.74. The Morgan fingerprint density at radius 3 is 2.17 bits per heavy atom. The number of methoxy groups -OCH3 is 2. The van der Waals surface area contributed by atoms with Gasteiger partial charge >= 0.3 is 0 Å². The number of carbonyl (C=O) groups is 1. The second-order valence-electron chi connectivity index (χ2n) is 7.32. The van der Waals surface area contributed by atoms with Crippen LogP contribution in [0.25, 0.3) is 32.4 Å². The number of carbonyl (C=O) groups excluding carboxylic acids is 1. The van der Waals surface area contributed by atoms with Crippen molar-refractivity contribution in [2.45, 2.75) is 0 Å². The van der Waals surface area contributed by atoms with Crippen molar-refractivity contribution in [3.8, 4) is 23.0 Å². The number of hydrogen-bond donors (Lipinski definition) is 0. The molecule has 2 heterocycles. The Bertz CT molecular complexity index is 1350. The summed E-state index contributed by atoms with van der Waals surface area (Å²) < 4.78 is 22.0. The number of rotatable bonds is 3. The van der Waals surface area contributed by atoms with Gasteiger partial charge in [-0.1, -0.05) is 0 Å². The fourth-order valence-electron chi connectivity index (χ4n) is 3.94.